The molecule has 0 heterocycles. The van der Waals surface area contributed by atoms with Crippen LogP contribution in [0.3, 0.4) is 0 Å². The molecular formula is C24H23NO4. The number of aliphatic imine (C=N–C) groups is 1. The van der Waals surface area contributed by atoms with Gasteiger partial charge in [-0.25, -0.2) is 0 Å². The number of hydrogen-bond acceptors (Lipinski definition) is 5. The highest BCUT2D eigenvalue weighted by Crippen LogP contribution is 2.38. The minimum atomic E-state index is 0.241. The molecule has 0 aliphatic carbocycles. The highest BCUT2D eigenvalue weighted by molar-refractivity contribution is 5.82. The van der Waals surface area contributed by atoms with Crippen LogP contribution < -0.4 is 14.2 Å². The molecule has 0 spiro atoms. The van der Waals surface area contributed by atoms with E-state index in [1.54, 1.807) is 39.7 Å². The number of benzene rings is 3. The molecule has 3 rings (SSSR count). The molecule has 3 aromatic rings. The topological polar surface area (TPSA) is 60.3 Å². The number of nitrogens with zero attached hydrogens (tertiary/aromatic N) is 1. The SMILES string of the molecule is COc1cc(/C=C/c2ccc(N=Cc3ccc(O)cc3)cc2)cc(OC)c1OC. The standard InChI is InChI=1S/C24H23NO4/c1-27-22-14-19(15-23(28-2)24(22)29-3)5-4-17-6-10-20(11-7-17)25-16-18-8-12-21(26)13-9-18/h4-16,26H,1-3H3/b5-4+,25-16?. The molecule has 0 amide bonds. The fraction of sp³-hybridized carbons (Fsp3) is 0.125. The minimum absolute atomic E-state index is 0.241. The first-order chi connectivity index (χ1) is 14.1. The Morgan fingerprint density at radius 1 is 0.690 bits per heavy atom. The number of rotatable bonds is 7. The Labute approximate surface area is 170 Å². The molecule has 0 aromatic heterocycles. The van der Waals surface area contributed by atoms with Crippen LogP contribution in [0.25, 0.3) is 12.2 Å². The van der Waals surface area contributed by atoms with Crippen LogP contribution in [0.2, 0.25) is 0 Å². The quantitative estimate of drug-likeness (QED) is 0.438. The molecule has 1 N–H and O–H groups in total. The van der Waals surface area contributed by atoms with E-state index in [2.05, 4.69) is 4.99 Å². The van der Waals surface area contributed by atoms with Crippen LogP contribution in [0.1, 0.15) is 16.7 Å². The van der Waals surface area contributed by atoms with Crippen LogP contribution in [0.4, 0.5) is 5.69 Å². The van der Waals surface area contributed by atoms with Crippen molar-refractivity contribution in [2.45, 2.75) is 0 Å². The summed E-state index contributed by atoms with van der Waals surface area (Å²) in [6.07, 6.45) is 5.76. The van der Waals surface area contributed by atoms with E-state index in [-0.39, 0.29) is 5.75 Å². The van der Waals surface area contributed by atoms with Gasteiger partial charge in [-0.05, 0) is 65.2 Å². The average molecular weight is 389 g/mol. The Kier molecular flexibility index (Phi) is 6.53. The Bertz CT molecular complexity index is 981. The van der Waals surface area contributed by atoms with Gasteiger partial charge in [0.25, 0.3) is 0 Å². The monoisotopic (exact) mass is 389 g/mol. The van der Waals surface area contributed by atoms with Crippen LogP contribution in [-0.2, 0) is 0 Å². The summed E-state index contributed by atoms with van der Waals surface area (Å²) in [5, 5.41) is 9.32. The Hall–Kier alpha value is -3.73. The zero-order chi connectivity index (χ0) is 20.6. The van der Waals surface area contributed by atoms with E-state index in [1.807, 2.05) is 60.7 Å². The molecule has 0 saturated carbocycles. The van der Waals surface area contributed by atoms with Gasteiger partial charge in [0, 0.05) is 6.21 Å². The van der Waals surface area contributed by atoms with Gasteiger partial charge in [0.2, 0.25) is 5.75 Å². The van der Waals surface area contributed by atoms with Crippen molar-refractivity contribution in [1.29, 1.82) is 0 Å². The molecule has 0 aliphatic rings. The molecule has 0 saturated heterocycles. The summed E-state index contributed by atoms with van der Waals surface area (Å²) in [6.45, 7) is 0. The number of phenolic OH excluding ortho intramolecular Hbond substituents is 1. The van der Waals surface area contributed by atoms with Gasteiger partial charge < -0.3 is 19.3 Å². The molecule has 0 atom stereocenters. The maximum Gasteiger partial charge on any atom is 0.203 e. The molecule has 0 fully saturated rings. The summed E-state index contributed by atoms with van der Waals surface area (Å²) in [4.78, 5) is 4.45. The zero-order valence-electron chi connectivity index (χ0n) is 16.6. The van der Waals surface area contributed by atoms with Gasteiger partial charge in [-0.1, -0.05) is 24.3 Å². The summed E-state index contributed by atoms with van der Waals surface area (Å²) in [7, 11) is 4.78. The van der Waals surface area contributed by atoms with Crippen molar-refractivity contribution in [2.75, 3.05) is 21.3 Å². The Balaban J connectivity index is 1.74. The normalized spacial score (nSPS) is 11.1. The largest absolute Gasteiger partial charge is 0.508 e. The van der Waals surface area contributed by atoms with Gasteiger partial charge in [-0.2, -0.15) is 0 Å². The van der Waals surface area contributed by atoms with E-state index in [0.717, 1.165) is 22.4 Å². The lowest BCUT2D eigenvalue weighted by atomic mass is 10.1. The van der Waals surface area contributed by atoms with Crippen molar-refractivity contribution < 1.29 is 19.3 Å². The summed E-state index contributed by atoms with van der Waals surface area (Å²) >= 11 is 0. The number of phenols is 1. The van der Waals surface area contributed by atoms with Crippen LogP contribution in [0.5, 0.6) is 23.0 Å². The van der Waals surface area contributed by atoms with Gasteiger partial charge in [0.1, 0.15) is 5.75 Å². The van der Waals surface area contributed by atoms with Crippen molar-refractivity contribution in [2.24, 2.45) is 4.99 Å². The van der Waals surface area contributed by atoms with Crippen molar-refractivity contribution in [3.8, 4) is 23.0 Å². The molecule has 29 heavy (non-hydrogen) atoms. The first-order valence-electron chi connectivity index (χ1n) is 9.04. The molecule has 3 aromatic carbocycles. The smallest absolute Gasteiger partial charge is 0.203 e. The predicted molar refractivity (Wildman–Crippen MR) is 117 cm³/mol. The lowest BCUT2D eigenvalue weighted by molar-refractivity contribution is 0.324. The number of methoxy groups -OCH3 is 3. The molecule has 0 bridgehead atoms. The second-order valence-corrected chi connectivity index (χ2v) is 6.23. The second-order valence-electron chi connectivity index (χ2n) is 6.23. The summed E-state index contributed by atoms with van der Waals surface area (Å²) in [5.74, 6) is 2.05. The fourth-order valence-electron chi connectivity index (χ4n) is 2.77. The van der Waals surface area contributed by atoms with Crippen molar-refractivity contribution >= 4 is 24.1 Å². The molecule has 0 radical (unpaired) electrons. The van der Waals surface area contributed by atoms with Crippen molar-refractivity contribution in [1.82, 2.24) is 0 Å². The predicted octanol–water partition coefficient (Wildman–Crippen LogP) is 5.34. The van der Waals surface area contributed by atoms with Gasteiger partial charge in [0.15, 0.2) is 11.5 Å². The molecule has 0 unspecified atom stereocenters. The van der Waals surface area contributed by atoms with E-state index >= 15 is 0 Å². The van der Waals surface area contributed by atoms with E-state index in [4.69, 9.17) is 14.2 Å². The number of ether oxygens (including phenoxy) is 3. The fourth-order valence-corrected chi connectivity index (χ4v) is 2.77. The van der Waals surface area contributed by atoms with Crippen molar-refractivity contribution in [3.05, 3.63) is 77.4 Å². The van der Waals surface area contributed by atoms with E-state index < -0.39 is 0 Å². The van der Waals surface area contributed by atoms with Crippen LogP contribution in [0.15, 0.2) is 65.7 Å². The average Bonchev–Trinajstić information content (AvgIpc) is 2.77. The first-order valence-corrected chi connectivity index (χ1v) is 9.04. The van der Waals surface area contributed by atoms with Gasteiger partial charge in [0.05, 0.1) is 27.0 Å². The van der Waals surface area contributed by atoms with Gasteiger partial charge >= 0.3 is 0 Å². The van der Waals surface area contributed by atoms with Crippen LogP contribution >= 0.6 is 0 Å². The highest BCUT2D eigenvalue weighted by atomic mass is 16.5. The van der Waals surface area contributed by atoms with Gasteiger partial charge in [-0.15, -0.1) is 0 Å². The summed E-state index contributed by atoms with van der Waals surface area (Å²) in [5.41, 5.74) is 3.76. The first kappa shape index (κ1) is 20.0. The Morgan fingerprint density at radius 3 is 1.79 bits per heavy atom. The van der Waals surface area contributed by atoms with Gasteiger partial charge in [-0.3, -0.25) is 4.99 Å². The number of hydrogen-bond donors (Lipinski definition) is 1. The molecule has 148 valence electrons. The maximum absolute atomic E-state index is 9.32. The van der Waals surface area contributed by atoms with Crippen molar-refractivity contribution in [3.63, 3.8) is 0 Å². The highest BCUT2D eigenvalue weighted by Gasteiger charge is 2.11. The minimum Gasteiger partial charge on any atom is -0.508 e. The molecule has 5 nitrogen and oxygen atoms in total. The van der Waals surface area contributed by atoms with Crippen LogP contribution in [0, 0.1) is 0 Å². The Morgan fingerprint density at radius 2 is 1.24 bits per heavy atom. The second kappa shape index (κ2) is 9.46. The summed E-state index contributed by atoms with van der Waals surface area (Å²) < 4.78 is 16.1. The third kappa shape index (κ3) is 5.17. The number of aromatic hydroxyl groups is 1. The molecular weight excluding hydrogens is 366 g/mol. The van der Waals surface area contributed by atoms with Crippen LogP contribution in [-0.4, -0.2) is 32.7 Å². The summed E-state index contributed by atoms with van der Waals surface area (Å²) in [6, 6.07) is 18.6. The molecule has 5 heteroatoms. The van der Waals surface area contributed by atoms with E-state index in [1.165, 1.54) is 0 Å². The third-order valence-corrected chi connectivity index (χ3v) is 4.30. The van der Waals surface area contributed by atoms with E-state index in [9.17, 15) is 5.11 Å². The molecule has 0 aliphatic heterocycles. The third-order valence-electron chi connectivity index (χ3n) is 4.30. The zero-order valence-corrected chi connectivity index (χ0v) is 16.6. The van der Waals surface area contributed by atoms with E-state index in [0.29, 0.717) is 17.2 Å². The lowest BCUT2D eigenvalue weighted by Gasteiger charge is -2.12. The lowest BCUT2D eigenvalue weighted by Crippen LogP contribution is -1.95. The maximum atomic E-state index is 9.32.